The van der Waals surface area contributed by atoms with Crippen LogP contribution in [0.1, 0.15) is 0 Å². The number of imidazole rings is 1. The third-order valence-corrected chi connectivity index (χ3v) is 3.42. The fourth-order valence-corrected chi connectivity index (χ4v) is 2.29. The Morgan fingerprint density at radius 3 is 1.70 bits per heavy atom. The molecule has 0 aliphatic rings. The van der Waals surface area contributed by atoms with E-state index < -0.39 is 0 Å². The molecular weight excluding hydrogens is 286 g/mol. The van der Waals surface area contributed by atoms with Crippen LogP contribution in [0.3, 0.4) is 0 Å². The highest BCUT2D eigenvalue weighted by Crippen LogP contribution is 2.20. The molecule has 0 aliphatic carbocycles. The Kier molecular flexibility index (Phi) is 3.37. The van der Waals surface area contributed by atoms with Crippen molar-refractivity contribution < 1.29 is 0 Å². The Morgan fingerprint density at radius 2 is 1.22 bits per heavy atom. The summed E-state index contributed by atoms with van der Waals surface area (Å²) >= 11 is 0. The monoisotopic (exact) mass is 299 g/mol. The summed E-state index contributed by atoms with van der Waals surface area (Å²) in [4.78, 5) is 17.8. The highest BCUT2D eigenvalue weighted by molar-refractivity contribution is 5.61. The maximum absolute atomic E-state index is 4.63. The molecule has 0 saturated heterocycles. The van der Waals surface area contributed by atoms with Crippen molar-refractivity contribution in [1.29, 1.82) is 0 Å². The average Bonchev–Trinajstić information content (AvgIpc) is 3.18. The summed E-state index contributed by atoms with van der Waals surface area (Å²) in [5.74, 6) is 1.83. The molecule has 4 rings (SSSR count). The van der Waals surface area contributed by atoms with Crippen LogP contribution >= 0.6 is 0 Å². The van der Waals surface area contributed by atoms with Crippen LogP contribution in [0.5, 0.6) is 0 Å². The van der Waals surface area contributed by atoms with Crippen molar-refractivity contribution in [3.05, 3.63) is 79.4 Å². The Labute approximate surface area is 133 Å². The highest BCUT2D eigenvalue weighted by atomic mass is 15.2. The van der Waals surface area contributed by atoms with E-state index in [0.717, 1.165) is 11.1 Å². The van der Waals surface area contributed by atoms with Crippen LogP contribution in [0.25, 0.3) is 28.7 Å². The number of nitrogens with zero attached hydrogens (tertiary/aromatic N) is 5. The molecule has 0 spiro atoms. The van der Waals surface area contributed by atoms with E-state index in [2.05, 4.69) is 19.9 Å². The fourth-order valence-electron chi connectivity index (χ4n) is 2.29. The van der Waals surface area contributed by atoms with E-state index in [-0.39, 0.29) is 0 Å². The molecule has 5 heteroatoms. The molecule has 110 valence electrons. The van der Waals surface area contributed by atoms with E-state index in [0.29, 0.717) is 17.6 Å². The normalized spacial score (nSPS) is 10.6. The molecule has 0 amide bonds. The number of benzene rings is 2. The van der Waals surface area contributed by atoms with Gasteiger partial charge in [-0.15, -0.1) is 0 Å². The van der Waals surface area contributed by atoms with Crippen molar-refractivity contribution in [2.75, 3.05) is 0 Å². The summed E-state index contributed by atoms with van der Waals surface area (Å²) < 4.78 is 1.78. The first-order valence-corrected chi connectivity index (χ1v) is 7.25. The Hall–Kier alpha value is -3.34. The first-order chi connectivity index (χ1) is 11.4. The van der Waals surface area contributed by atoms with Crippen LogP contribution in [-0.4, -0.2) is 24.5 Å². The van der Waals surface area contributed by atoms with Crippen LogP contribution in [0.15, 0.2) is 79.4 Å². The predicted octanol–water partition coefficient (Wildman–Crippen LogP) is 3.39. The van der Waals surface area contributed by atoms with Gasteiger partial charge in [-0.2, -0.15) is 9.97 Å². The molecule has 23 heavy (non-hydrogen) atoms. The summed E-state index contributed by atoms with van der Waals surface area (Å²) in [6.07, 6.45) is 5.20. The van der Waals surface area contributed by atoms with Gasteiger partial charge in [-0.3, -0.25) is 4.57 Å². The van der Waals surface area contributed by atoms with Crippen molar-refractivity contribution >= 4 is 0 Å². The van der Waals surface area contributed by atoms with Crippen molar-refractivity contribution in [1.82, 2.24) is 24.5 Å². The zero-order valence-corrected chi connectivity index (χ0v) is 12.2. The molecule has 2 aromatic carbocycles. The van der Waals surface area contributed by atoms with Crippen molar-refractivity contribution in [2.45, 2.75) is 0 Å². The van der Waals surface area contributed by atoms with E-state index in [1.54, 1.807) is 17.1 Å². The zero-order chi connectivity index (χ0) is 15.5. The van der Waals surface area contributed by atoms with Crippen LogP contribution in [0.4, 0.5) is 0 Å². The van der Waals surface area contributed by atoms with Gasteiger partial charge in [-0.25, -0.2) is 9.97 Å². The quantitative estimate of drug-likeness (QED) is 0.582. The van der Waals surface area contributed by atoms with Gasteiger partial charge in [0.25, 0.3) is 0 Å². The van der Waals surface area contributed by atoms with Gasteiger partial charge >= 0.3 is 0 Å². The van der Waals surface area contributed by atoms with E-state index in [9.17, 15) is 0 Å². The molecule has 2 aromatic heterocycles. The van der Waals surface area contributed by atoms with E-state index in [1.165, 1.54) is 0 Å². The first kappa shape index (κ1) is 13.3. The molecule has 0 N–H and O–H groups in total. The lowest BCUT2D eigenvalue weighted by molar-refractivity contribution is 0.904. The van der Waals surface area contributed by atoms with Gasteiger partial charge in [0.2, 0.25) is 5.95 Å². The highest BCUT2D eigenvalue weighted by Gasteiger charge is 2.11. The van der Waals surface area contributed by atoms with E-state index >= 15 is 0 Å². The van der Waals surface area contributed by atoms with Gasteiger partial charge in [0.15, 0.2) is 11.6 Å². The van der Waals surface area contributed by atoms with Crippen LogP contribution < -0.4 is 0 Å². The minimum atomic E-state index is 0.551. The largest absolute Gasteiger partial charge is 0.274 e. The molecule has 0 fully saturated rings. The van der Waals surface area contributed by atoms with Crippen LogP contribution in [0.2, 0.25) is 0 Å². The SMILES string of the molecule is c1ccc(-c2nc(-c3ccccc3)nc(-n3ccnc3)n2)cc1. The number of rotatable bonds is 3. The smallest absolute Gasteiger partial charge is 0.239 e. The van der Waals surface area contributed by atoms with Gasteiger partial charge in [0.05, 0.1) is 0 Å². The molecule has 0 bridgehead atoms. The van der Waals surface area contributed by atoms with Crippen molar-refractivity contribution in [2.24, 2.45) is 0 Å². The summed E-state index contributed by atoms with van der Waals surface area (Å²) in [5, 5.41) is 0. The first-order valence-electron chi connectivity index (χ1n) is 7.25. The second-order valence-electron chi connectivity index (χ2n) is 4.98. The Balaban J connectivity index is 1.91. The minimum absolute atomic E-state index is 0.551. The standard InChI is InChI=1S/C18H13N5/c1-3-7-14(8-4-1)16-20-17(15-9-5-2-6-10-15)22-18(21-16)23-12-11-19-13-23/h1-13H. The molecule has 0 atom stereocenters. The number of aromatic nitrogens is 5. The molecule has 5 nitrogen and oxygen atoms in total. The van der Waals surface area contributed by atoms with Gasteiger partial charge < -0.3 is 0 Å². The molecule has 4 aromatic rings. The zero-order valence-electron chi connectivity index (χ0n) is 12.2. The maximum atomic E-state index is 4.63. The number of hydrogen-bond donors (Lipinski definition) is 0. The average molecular weight is 299 g/mol. The van der Waals surface area contributed by atoms with Crippen LogP contribution in [0, 0.1) is 0 Å². The van der Waals surface area contributed by atoms with Gasteiger partial charge in [0.1, 0.15) is 6.33 Å². The Bertz CT molecular complexity index is 845. The summed E-state index contributed by atoms with van der Waals surface area (Å²) in [6.45, 7) is 0. The predicted molar refractivity (Wildman–Crippen MR) is 87.8 cm³/mol. The van der Waals surface area contributed by atoms with Gasteiger partial charge in [-0.05, 0) is 0 Å². The fraction of sp³-hybridized carbons (Fsp3) is 0. The summed E-state index contributed by atoms with van der Waals surface area (Å²) in [5.41, 5.74) is 1.90. The third kappa shape index (κ3) is 2.72. The topological polar surface area (TPSA) is 56.5 Å². The Morgan fingerprint density at radius 1 is 0.652 bits per heavy atom. The maximum Gasteiger partial charge on any atom is 0.239 e. The molecular formula is C18H13N5. The van der Waals surface area contributed by atoms with E-state index in [4.69, 9.17) is 0 Å². The second-order valence-corrected chi connectivity index (χ2v) is 4.98. The summed E-state index contributed by atoms with van der Waals surface area (Å²) in [6, 6.07) is 19.8. The molecule has 0 radical (unpaired) electrons. The lowest BCUT2D eigenvalue weighted by atomic mass is 10.2. The minimum Gasteiger partial charge on any atom is -0.274 e. The lowest BCUT2D eigenvalue weighted by Crippen LogP contribution is -2.04. The third-order valence-electron chi connectivity index (χ3n) is 3.42. The van der Waals surface area contributed by atoms with Crippen LogP contribution in [-0.2, 0) is 0 Å². The molecule has 0 unspecified atom stereocenters. The van der Waals surface area contributed by atoms with Crippen molar-refractivity contribution in [3.8, 4) is 28.7 Å². The van der Waals surface area contributed by atoms with E-state index in [1.807, 2.05) is 66.9 Å². The van der Waals surface area contributed by atoms with Gasteiger partial charge in [0, 0.05) is 23.5 Å². The summed E-state index contributed by atoms with van der Waals surface area (Å²) in [7, 11) is 0. The molecule has 2 heterocycles. The lowest BCUT2D eigenvalue weighted by Gasteiger charge is -2.07. The molecule has 0 aliphatic heterocycles. The van der Waals surface area contributed by atoms with Crippen molar-refractivity contribution in [3.63, 3.8) is 0 Å². The second kappa shape index (κ2) is 5.81. The van der Waals surface area contributed by atoms with Gasteiger partial charge in [-0.1, -0.05) is 60.7 Å². The number of hydrogen-bond acceptors (Lipinski definition) is 4. The molecule has 0 saturated carbocycles.